The molecular weight excluding hydrogens is 194 g/mol. The van der Waals surface area contributed by atoms with Crippen LogP contribution in [-0.4, -0.2) is 19.9 Å². The topological polar surface area (TPSA) is 130 Å². The lowest BCUT2D eigenvalue weighted by Crippen LogP contribution is -2.05. The van der Waals surface area contributed by atoms with Crippen molar-refractivity contribution in [3.63, 3.8) is 0 Å². The lowest BCUT2D eigenvalue weighted by atomic mass is 10.5. The normalized spacial score (nSPS) is 8.80. The van der Waals surface area contributed by atoms with Crippen molar-refractivity contribution in [1.82, 2.24) is 19.9 Å². The van der Waals surface area contributed by atoms with Crippen LogP contribution in [0.1, 0.15) is 0 Å². The van der Waals surface area contributed by atoms with Gasteiger partial charge in [-0.25, -0.2) is 0 Å². The molecule has 0 aliphatic carbocycles. The minimum absolute atomic E-state index is 0.0417. The Labute approximate surface area is 86.4 Å². The Bertz CT molecular complexity index is 326. The number of aromatic nitrogens is 4. The van der Waals surface area contributed by atoms with E-state index in [-0.39, 0.29) is 17.8 Å². The van der Waals surface area contributed by atoms with Crippen LogP contribution in [0.3, 0.4) is 0 Å². The highest BCUT2D eigenvalue weighted by atomic mass is 15.2. The highest BCUT2D eigenvalue weighted by Crippen LogP contribution is 1.97. The van der Waals surface area contributed by atoms with Crippen LogP contribution < -0.4 is 17.2 Å². The molecule has 0 bridgehead atoms. The van der Waals surface area contributed by atoms with Gasteiger partial charge in [0.25, 0.3) is 0 Å². The Morgan fingerprint density at radius 2 is 1.07 bits per heavy atom. The first-order valence-electron chi connectivity index (χ1n) is 4.06. The van der Waals surface area contributed by atoms with E-state index in [9.17, 15) is 0 Å². The molecule has 0 unspecified atom stereocenters. The number of anilines is 3. The summed E-state index contributed by atoms with van der Waals surface area (Å²) in [5.74, 6) is 0.125. The maximum atomic E-state index is 5.14. The SMILES string of the molecule is Nc1nc(N)nc(N)n1.c1ccncc1. The number of rotatable bonds is 0. The van der Waals surface area contributed by atoms with E-state index in [1.165, 1.54) is 0 Å². The molecule has 0 aromatic carbocycles. The summed E-state index contributed by atoms with van der Waals surface area (Å²) < 4.78 is 0. The maximum absolute atomic E-state index is 5.14. The zero-order valence-electron chi connectivity index (χ0n) is 7.91. The average Bonchev–Trinajstić information content (AvgIpc) is 2.19. The van der Waals surface area contributed by atoms with E-state index in [0.29, 0.717) is 0 Å². The van der Waals surface area contributed by atoms with Crippen molar-refractivity contribution < 1.29 is 0 Å². The van der Waals surface area contributed by atoms with E-state index in [2.05, 4.69) is 19.9 Å². The number of nitrogens with zero attached hydrogens (tertiary/aromatic N) is 4. The Balaban J connectivity index is 0.000000162. The molecule has 7 nitrogen and oxygen atoms in total. The Morgan fingerprint density at radius 3 is 1.27 bits per heavy atom. The standard InChI is InChI=1S/C5H5N.C3H6N6/c1-2-4-6-5-3-1;4-1-7-2(5)9-3(6)8-1/h1-5H;(H6,4,5,6,7,8,9). The van der Waals surface area contributed by atoms with Gasteiger partial charge in [-0.2, -0.15) is 15.0 Å². The molecular formula is C8H11N7. The summed E-state index contributed by atoms with van der Waals surface area (Å²) in [4.78, 5) is 14.2. The quantitative estimate of drug-likeness (QED) is 0.538. The number of hydrogen-bond donors (Lipinski definition) is 3. The predicted molar refractivity (Wildman–Crippen MR) is 57.3 cm³/mol. The van der Waals surface area contributed by atoms with Crippen LogP contribution in [0.15, 0.2) is 30.6 Å². The molecule has 2 rings (SSSR count). The van der Waals surface area contributed by atoms with Crippen molar-refractivity contribution in [2.75, 3.05) is 17.2 Å². The van der Waals surface area contributed by atoms with Gasteiger partial charge in [0, 0.05) is 12.4 Å². The van der Waals surface area contributed by atoms with Gasteiger partial charge in [0.15, 0.2) is 0 Å². The first-order chi connectivity index (χ1) is 7.18. The molecule has 7 heteroatoms. The van der Waals surface area contributed by atoms with Gasteiger partial charge < -0.3 is 17.2 Å². The predicted octanol–water partition coefficient (Wildman–Crippen LogP) is -0.300. The van der Waals surface area contributed by atoms with Crippen molar-refractivity contribution in [2.24, 2.45) is 0 Å². The second-order valence-corrected chi connectivity index (χ2v) is 2.43. The molecule has 0 aliphatic heterocycles. The summed E-state index contributed by atoms with van der Waals surface area (Å²) in [6, 6.07) is 5.72. The average molecular weight is 205 g/mol. The zero-order chi connectivity index (χ0) is 11.1. The van der Waals surface area contributed by atoms with Gasteiger partial charge in [-0.05, 0) is 12.1 Å². The van der Waals surface area contributed by atoms with Gasteiger partial charge in [0.1, 0.15) is 0 Å². The van der Waals surface area contributed by atoms with E-state index in [4.69, 9.17) is 17.2 Å². The molecule has 0 aliphatic rings. The summed E-state index contributed by atoms with van der Waals surface area (Å²) in [5, 5.41) is 0. The fourth-order valence-corrected chi connectivity index (χ4v) is 0.740. The van der Waals surface area contributed by atoms with Gasteiger partial charge in [-0.15, -0.1) is 0 Å². The van der Waals surface area contributed by atoms with Crippen molar-refractivity contribution in [3.8, 4) is 0 Å². The summed E-state index contributed by atoms with van der Waals surface area (Å²) in [6.07, 6.45) is 3.50. The van der Waals surface area contributed by atoms with Gasteiger partial charge in [0.05, 0.1) is 0 Å². The number of hydrogen-bond acceptors (Lipinski definition) is 7. The van der Waals surface area contributed by atoms with Gasteiger partial charge in [0.2, 0.25) is 17.8 Å². The second-order valence-electron chi connectivity index (χ2n) is 2.43. The first kappa shape index (κ1) is 10.6. The minimum atomic E-state index is 0.0417. The van der Waals surface area contributed by atoms with Crippen LogP contribution in [0.2, 0.25) is 0 Å². The number of nitrogen functional groups attached to an aromatic ring is 3. The van der Waals surface area contributed by atoms with E-state index >= 15 is 0 Å². The fraction of sp³-hybridized carbons (Fsp3) is 0. The molecule has 0 saturated carbocycles. The Hall–Kier alpha value is -2.44. The third-order valence-corrected chi connectivity index (χ3v) is 1.25. The van der Waals surface area contributed by atoms with Crippen molar-refractivity contribution in [3.05, 3.63) is 30.6 Å². The Morgan fingerprint density at radius 1 is 0.667 bits per heavy atom. The summed E-state index contributed by atoms with van der Waals surface area (Å²) >= 11 is 0. The smallest absolute Gasteiger partial charge is 0.226 e. The van der Waals surface area contributed by atoms with Crippen LogP contribution in [-0.2, 0) is 0 Å². The van der Waals surface area contributed by atoms with Crippen molar-refractivity contribution in [2.45, 2.75) is 0 Å². The summed E-state index contributed by atoms with van der Waals surface area (Å²) in [5.41, 5.74) is 15.4. The molecule has 6 N–H and O–H groups in total. The Kier molecular flexibility index (Phi) is 3.78. The van der Waals surface area contributed by atoms with Crippen LogP contribution in [0.25, 0.3) is 0 Å². The van der Waals surface area contributed by atoms with E-state index in [0.717, 1.165) is 0 Å². The van der Waals surface area contributed by atoms with Crippen molar-refractivity contribution >= 4 is 17.8 Å². The molecule has 0 saturated heterocycles. The van der Waals surface area contributed by atoms with Crippen LogP contribution in [0.5, 0.6) is 0 Å². The largest absolute Gasteiger partial charge is 0.368 e. The first-order valence-corrected chi connectivity index (χ1v) is 4.06. The minimum Gasteiger partial charge on any atom is -0.368 e. The molecule has 0 spiro atoms. The zero-order valence-corrected chi connectivity index (χ0v) is 7.91. The molecule has 0 atom stereocenters. The van der Waals surface area contributed by atoms with Crippen LogP contribution in [0.4, 0.5) is 17.8 Å². The number of nitrogens with two attached hydrogens (primary N) is 3. The molecule has 0 fully saturated rings. The molecule has 2 heterocycles. The highest BCUT2D eigenvalue weighted by Gasteiger charge is 1.93. The fourth-order valence-electron chi connectivity index (χ4n) is 0.740. The van der Waals surface area contributed by atoms with Crippen LogP contribution >= 0.6 is 0 Å². The lowest BCUT2D eigenvalue weighted by Gasteiger charge is -1.93. The van der Waals surface area contributed by atoms with E-state index in [1.807, 2.05) is 18.2 Å². The summed E-state index contributed by atoms with van der Waals surface area (Å²) in [7, 11) is 0. The number of pyridine rings is 1. The highest BCUT2D eigenvalue weighted by molar-refractivity contribution is 5.33. The monoisotopic (exact) mass is 205 g/mol. The molecule has 15 heavy (non-hydrogen) atoms. The van der Waals surface area contributed by atoms with E-state index < -0.39 is 0 Å². The molecule has 0 radical (unpaired) electrons. The summed E-state index contributed by atoms with van der Waals surface area (Å²) in [6.45, 7) is 0. The molecule has 78 valence electrons. The van der Waals surface area contributed by atoms with Gasteiger partial charge >= 0.3 is 0 Å². The third kappa shape index (κ3) is 4.36. The third-order valence-electron chi connectivity index (χ3n) is 1.25. The van der Waals surface area contributed by atoms with Gasteiger partial charge in [-0.1, -0.05) is 6.07 Å². The molecule has 0 amide bonds. The van der Waals surface area contributed by atoms with Gasteiger partial charge in [-0.3, -0.25) is 4.98 Å². The maximum Gasteiger partial charge on any atom is 0.226 e. The molecule has 2 aromatic rings. The second kappa shape index (κ2) is 5.32. The molecule has 2 aromatic heterocycles. The lowest BCUT2D eigenvalue weighted by molar-refractivity contribution is 1.09. The van der Waals surface area contributed by atoms with E-state index in [1.54, 1.807) is 12.4 Å². The van der Waals surface area contributed by atoms with Crippen LogP contribution in [0, 0.1) is 0 Å². The van der Waals surface area contributed by atoms with Crippen molar-refractivity contribution in [1.29, 1.82) is 0 Å².